The van der Waals surface area contributed by atoms with Gasteiger partial charge >= 0.3 is 5.91 Å². The maximum Gasteiger partial charge on any atom is 0.313 e. The fourth-order valence-corrected chi connectivity index (χ4v) is 1.92. The molecule has 0 fully saturated rings. The molecule has 19 heavy (non-hydrogen) atoms. The first kappa shape index (κ1) is 24.9. The van der Waals surface area contributed by atoms with Crippen molar-refractivity contribution in [2.45, 2.75) is 71.1 Å². The van der Waals surface area contributed by atoms with Crippen molar-refractivity contribution in [2.24, 2.45) is 0 Å². The Kier molecular flexibility index (Phi) is 20.1. The number of amides is 1. The molecule has 1 radical (unpaired) electrons. The average Bonchev–Trinajstić information content (AvgIpc) is 2.25. The van der Waals surface area contributed by atoms with Gasteiger partial charge in [-0.15, -0.1) is 0 Å². The summed E-state index contributed by atoms with van der Waals surface area (Å²) in [5.74, 6) is 0.355. The van der Waals surface area contributed by atoms with Gasteiger partial charge in [0.15, 0.2) is 0 Å². The van der Waals surface area contributed by atoms with Gasteiger partial charge < -0.3 is 12.4 Å². The van der Waals surface area contributed by atoms with Crippen LogP contribution in [0.4, 0.5) is 0 Å². The predicted molar refractivity (Wildman–Crippen MR) is 80.6 cm³/mol. The number of hydrogen-bond acceptors (Lipinski definition) is 1. The Balaban J connectivity index is -0.00000128. The fraction of sp³-hybridized carbons (Fsp3) is 0.933. The van der Waals surface area contributed by atoms with E-state index in [4.69, 9.17) is 0 Å². The fourth-order valence-electron chi connectivity index (χ4n) is 1.92. The summed E-state index contributed by atoms with van der Waals surface area (Å²) in [7, 11) is 5.86. The Morgan fingerprint density at radius 2 is 1.16 bits per heavy atom. The largest absolute Gasteiger partial charge is 1.00 e. The summed E-state index contributed by atoms with van der Waals surface area (Å²) in [4.78, 5) is 11.6. The van der Waals surface area contributed by atoms with Crippen LogP contribution in [-0.4, -0.2) is 61.1 Å². The molecule has 2 nitrogen and oxygen atoms in total. The van der Waals surface area contributed by atoms with E-state index in [1.807, 2.05) is 21.1 Å². The first-order chi connectivity index (χ1) is 7.98. The van der Waals surface area contributed by atoms with Crippen LogP contribution in [0.3, 0.4) is 0 Å². The van der Waals surface area contributed by atoms with Crippen molar-refractivity contribution in [2.75, 3.05) is 21.1 Å². The van der Waals surface area contributed by atoms with Crippen molar-refractivity contribution in [3.05, 3.63) is 0 Å². The van der Waals surface area contributed by atoms with Gasteiger partial charge in [0.2, 0.25) is 0 Å². The van der Waals surface area contributed by atoms with Crippen molar-refractivity contribution in [3.8, 4) is 0 Å². The summed E-state index contributed by atoms with van der Waals surface area (Å²) >= 11 is 0. The second kappa shape index (κ2) is 15.3. The molecule has 4 heteroatoms. The minimum absolute atomic E-state index is 0. The minimum atomic E-state index is 0. The standard InChI is InChI=1S/C15H32NO.ClH.Na/c1-5-6-7-8-9-10-11-12-13-14-15(17)16(2,3)4;;/h5-14H2,1-4H3;1H;/q+1;;/p-1. The van der Waals surface area contributed by atoms with E-state index in [2.05, 4.69) is 6.92 Å². The maximum absolute atomic E-state index is 11.6. The van der Waals surface area contributed by atoms with E-state index >= 15 is 0 Å². The van der Waals surface area contributed by atoms with Crippen molar-refractivity contribution in [1.29, 1.82) is 0 Å². The second-order valence-corrected chi connectivity index (χ2v) is 5.98. The first-order valence-corrected chi connectivity index (χ1v) is 7.33. The molecule has 0 aromatic rings. The van der Waals surface area contributed by atoms with Crippen LogP contribution < -0.4 is 12.4 Å². The van der Waals surface area contributed by atoms with Crippen LogP contribution in [0, 0.1) is 0 Å². The predicted octanol–water partition coefficient (Wildman–Crippen LogP) is 0.763. The molecule has 0 aliphatic rings. The number of rotatable bonds is 10. The molecule has 0 aromatic heterocycles. The molecule has 0 aliphatic carbocycles. The summed E-state index contributed by atoms with van der Waals surface area (Å²) < 4.78 is 0.469. The molecular weight excluding hydrogens is 269 g/mol. The molecule has 0 rings (SSSR count). The summed E-state index contributed by atoms with van der Waals surface area (Å²) in [6, 6.07) is 0. The molecule has 0 N–H and O–H groups in total. The van der Waals surface area contributed by atoms with Crippen molar-refractivity contribution >= 4 is 35.5 Å². The third-order valence-electron chi connectivity index (χ3n) is 3.24. The zero-order valence-electron chi connectivity index (χ0n) is 13.8. The molecule has 0 atom stereocenters. The number of hydrogen-bond donors (Lipinski definition) is 0. The quantitative estimate of drug-likeness (QED) is 0.331. The molecule has 0 aliphatic heterocycles. The number of unbranched alkanes of at least 4 members (excludes halogenated alkanes) is 8. The van der Waals surface area contributed by atoms with Gasteiger partial charge in [-0.3, -0.25) is 4.48 Å². The molecule has 0 aromatic carbocycles. The zero-order chi connectivity index (χ0) is 13.1. The Morgan fingerprint density at radius 3 is 1.53 bits per heavy atom. The van der Waals surface area contributed by atoms with Crippen LogP contribution in [0.5, 0.6) is 0 Å². The summed E-state index contributed by atoms with van der Waals surface area (Å²) in [6.45, 7) is 2.25. The van der Waals surface area contributed by atoms with Gasteiger partial charge in [-0.2, -0.15) is 0 Å². The van der Waals surface area contributed by atoms with Gasteiger partial charge in [0.05, 0.1) is 27.6 Å². The van der Waals surface area contributed by atoms with Gasteiger partial charge in [-0.1, -0.05) is 58.3 Å². The summed E-state index contributed by atoms with van der Waals surface area (Å²) in [5.41, 5.74) is 0. The molecular formula is C15H32ClNNaO. The monoisotopic (exact) mass is 300 g/mol. The van der Waals surface area contributed by atoms with Crippen LogP contribution >= 0.6 is 0 Å². The topological polar surface area (TPSA) is 17.1 Å². The number of carbonyl (C=O) groups excluding carboxylic acids is 1. The van der Waals surface area contributed by atoms with E-state index in [0.717, 1.165) is 12.8 Å². The van der Waals surface area contributed by atoms with Crippen LogP contribution in [0.2, 0.25) is 0 Å². The van der Waals surface area contributed by atoms with Crippen LogP contribution in [0.1, 0.15) is 71.1 Å². The Morgan fingerprint density at radius 1 is 0.789 bits per heavy atom. The minimum Gasteiger partial charge on any atom is -1.00 e. The number of quaternary nitrogens is 1. The molecule has 0 spiro atoms. The van der Waals surface area contributed by atoms with E-state index in [1.54, 1.807) is 0 Å². The molecule has 0 saturated carbocycles. The van der Waals surface area contributed by atoms with Crippen molar-refractivity contribution < 1.29 is 21.7 Å². The molecule has 0 heterocycles. The van der Waals surface area contributed by atoms with Gasteiger partial charge in [0.1, 0.15) is 0 Å². The SMILES string of the molecule is CCCCCCCCCCCC(=O)[N+](C)(C)C.[Cl-].[Na]. The second-order valence-electron chi connectivity index (χ2n) is 5.98. The van der Waals surface area contributed by atoms with Crippen molar-refractivity contribution in [1.82, 2.24) is 0 Å². The van der Waals surface area contributed by atoms with Gasteiger partial charge in [-0.05, 0) is 6.42 Å². The number of nitrogens with zero attached hydrogens (tertiary/aromatic N) is 1. The van der Waals surface area contributed by atoms with Crippen LogP contribution in [0.25, 0.3) is 0 Å². The van der Waals surface area contributed by atoms with Crippen molar-refractivity contribution in [3.63, 3.8) is 0 Å². The first-order valence-electron chi connectivity index (χ1n) is 7.33. The molecule has 0 unspecified atom stereocenters. The third kappa shape index (κ3) is 16.9. The summed E-state index contributed by atoms with van der Waals surface area (Å²) in [5, 5.41) is 0. The third-order valence-corrected chi connectivity index (χ3v) is 3.24. The smallest absolute Gasteiger partial charge is 0.313 e. The average molecular weight is 301 g/mol. The molecule has 0 bridgehead atoms. The molecule has 1 amide bonds. The number of carbonyl (C=O) groups is 1. The van der Waals surface area contributed by atoms with E-state index < -0.39 is 0 Å². The Hall–Kier alpha value is 0.920. The van der Waals surface area contributed by atoms with Gasteiger partial charge in [0, 0.05) is 29.6 Å². The van der Waals surface area contributed by atoms with E-state index in [1.165, 1.54) is 51.4 Å². The van der Waals surface area contributed by atoms with E-state index in [0.29, 0.717) is 10.4 Å². The molecule has 111 valence electrons. The maximum atomic E-state index is 11.6. The van der Waals surface area contributed by atoms with E-state index in [-0.39, 0.29) is 42.0 Å². The Bertz CT molecular complexity index is 205. The Labute approximate surface area is 149 Å². The van der Waals surface area contributed by atoms with E-state index in [9.17, 15) is 4.79 Å². The molecule has 0 saturated heterocycles. The normalized spacial score (nSPS) is 10.5. The van der Waals surface area contributed by atoms with Crippen LogP contribution in [0.15, 0.2) is 0 Å². The zero-order valence-corrected chi connectivity index (χ0v) is 16.6. The van der Waals surface area contributed by atoms with Gasteiger partial charge in [0.25, 0.3) is 0 Å². The van der Waals surface area contributed by atoms with Crippen LogP contribution in [-0.2, 0) is 4.79 Å². The summed E-state index contributed by atoms with van der Waals surface area (Å²) in [6.07, 6.45) is 12.6. The van der Waals surface area contributed by atoms with Gasteiger partial charge in [-0.25, -0.2) is 4.79 Å². The number of halogens is 1.